The minimum atomic E-state index is -0.369. The van der Waals surface area contributed by atoms with E-state index in [-0.39, 0.29) is 17.3 Å². The number of H-pyrrole nitrogens is 1. The Morgan fingerprint density at radius 2 is 1.74 bits per heavy atom. The molecule has 0 saturated carbocycles. The number of carbonyl (C=O) groups is 1. The predicted molar refractivity (Wildman–Crippen MR) is 123 cm³/mol. The molecule has 0 spiro atoms. The zero-order valence-corrected chi connectivity index (χ0v) is 18.3. The van der Waals surface area contributed by atoms with E-state index in [1.165, 1.54) is 12.0 Å². The lowest BCUT2D eigenvalue weighted by Crippen LogP contribution is -2.36. The molecule has 3 aliphatic rings. The predicted octanol–water partition coefficient (Wildman–Crippen LogP) is 4.45. The summed E-state index contributed by atoms with van der Waals surface area (Å²) in [6.45, 7) is 6.15. The van der Waals surface area contributed by atoms with Crippen LogP contribution in [0.5, 0.6) is 0 Å². The topological polar surface area (TPSA) is 78.1 Å². The Balaban J connectivity index is 1.64. The molecule has 1 aliphatic carbocycles. The summed E-state index contributed by atoms with van der Waals surface area (Å²) in [5.41, 5.74) is 4.31. The molecule has 0 amide bonds. The van der Waals surface area contributed by atoms with Gasteiger partial charge in [0.05, 0.1) is 5.56 Å². The van der Waals surface area contributed by atoms with E-state index in [0.717, 1.165) is 55.6 Å². The largest absolute Gasteiger partial charge is 0.343 e. The molecule has 162 valence electrons. The van der Waals surface area contributed by atoms with E-state index in [4.69, 9.17) is 4.98 Å². The number of ketones is 1. The fourth-order valence-electron chi connectivity index (χ4n) is 5.11. The molecule has 1 aromatic heterocycles. The molecule has 6 heteroatoms. The van der Waals surface area contributed by atoms with Crippen molar-refractivity contribution in [1.82, 2.24) is 9.97 Å². The van der Waals surface area contributed by atoms with E-state index in [1.54, 1.807) is 0 Å². The Bertz CT molecular complexity index is 1090. The molecule has 0 bridgehead atoms. The van der Waals surface area contributed by atoms with Crippen molar-refractivity contribution in [2.24, 2.45) is 0 Å². The number of aromatic amines is 1. The van der Waals surface area contributed by atoms with Crippen LogP contribution < -0.4 is 15.8 Å². The molecule has 1 fully saturated rings. The highest BCUT2D eigenvalue weighted by Crippen LogP contribution is 2.43. The molecule has 1 saturated heterocycles. The van der Waals surface area contributed by atoms with Gasteiger partial charge in [0.2, 0.25) is 5.95 Å². The first-order chi connectivity index (χ1) is 15.0. The number of rotatable bonds is 3. The number of allylic oxidation sites excluding steroid dienone is 2. The summed E-state index contributed by atoms with van der Waals surface area (Å²) >= 11 is 0. The number of nitrogens with one attached hydrogen (secondary N) is 2. The molecule has 6 nitrogen and oxygen atoms in total. The van der Waals surface area contributed by atoms with E-state index in [2.05, 4.69) is 53.3 Å². The Hall–Kier alpha value is -2.89. The first-order valence-corrected chi connectivity index (χ1v) is 11.5. The van der Waals surface area contributed by atoms with Gasteiger partial charge >= 0.3 is 0 Å². The number of nitrogens with zero attached hydrogens (tertiary/aromatic N) is 2. The molecule has 5 rings (SSSR count). The fourth-order valence-corrected chi connectivity index (χ4v) is 5.11. The second-order valence-electron chi connectivity index (χ2n) is 9.25. The minimum absolute atomic E-state index is 0.136. The van der Waals surface area contributed by atoms with Crippen LogP contribution in [0.25, 0.3) is 0 Å². The normalized spacial score (nSPS) is 21.1. The number of Topliss-reactive ketones (excluding diaryl/α,β-unsaturated/α-hetero) is 1. The van der Waals surface area contributed by atoms with Crippen molar-refractivity contribution in [3.05, 3.63) is 62.6 Å². The zero-order chi connectivity index (χ0) is 21.5. The third-order valence-electron chi connectivity index (χ3n) is 6.84. The van der Waals surface area contributed by atoms with Gasteiger partial charge in [0, 0.05) is 36.7 Å². The van der Waals surface area contributed by atoms with Crippen molar-refractivity contribution >= 4 is 17.5 Å². The van der Waals surface area contributed by atoms with Crippen LogP contribution in [-0.2, 0) is 4.79 Å². The summed E-state index contributed by atoms with van der Waals surface area (Å²) in [5.74, 6) is 1.44. The molecule has 1 unspecified atom stereocenters. The molecule has 0 radical (unpaired) electrons. The van der Waals surface area contributed by atoms with Crippen LogP contribution in [0, 0.1) is 0 Å². The van der Waals surface area contributed by atoms with E-state index in [1.807, 2.05) is 0 Å². The zero-order valence-electron chi connectivity index (χ0n) is 18.3. The summed E-state index contributed by atoms with van der Waals surface area (Å²) in [6, 6.07) is 8.36. The van der Waals surface area contributed by atoms with Gasteiger partial charge in [-0.3, -0.25) is 14.6 Å². The number of fused-ring (bicyclic) bond motifs is 1. The number of benzene rings is 1. The SMILES string of the molecule is CC(C)c1ccc(C2C3=C(CCCC3=O)Nc3nc(N4CCCCC4)[nH]c(=O)c32)cc1. The van der Waals surface area contributed by atoms with Crippen LogP contribution in [0.1, 0.15) is 80.9 Å². The minimum Gasteiger partial charge on any atom is -0.343 e. The van der Waals surface area contributed by atoms with Gasteiger partial charge < -0.3 is 10.2 Å². The Kier molecular flexibility index (Phi) is 5.16. The standard InChI is InChI=1S/C25H30N4O2/c1-15(2)16-9-11-17(12-10-16)20-21-18(7-6-8-19(21)30)26-23-22(20)24(31)28-25(27-23)29-13-4-3-5-14-29/h9-12,15,20H,3-8,13-14H2,1-2H3,(H2,26,27,28,31). The molecule has 2 aromatic rings. The van der Waals surface area contributed by atoms with Gasteiger partial charge in [0.1, 0.15) is 5.82 Å². The fraction of sp³-hybridized carbons (Fsp3) is 0.480. The molecular formula is C25H30N4O2. The van der Waals surface area contributed by atoms with Gasteiger partial charge in [-0.25, -0.2) is 0 Å². The van der Waals surface area contributed by atoms with Crippen molar-refractivity contribution in [3.63, 3.8) is 0 Å². The Morgan fingerprint density at radius 3 is 2.45 bits per heavy atom. The molecule has 2 aliphatic heterocycles. The number of anilines is 2. The van der Waals surface area contributed by atoms with Crippen molar-refractivity contribution in [2.45, 2.75) is 64.2 Å². The highest BCUT2D eigenvalue weighted by Gasteiger charge is 2.38. The summed E-state index contributed by atoms with van der Waals surface area (Å²) in [7, 11) is 0. The van der Waals surface area contributed by atoms with Crippen LogP contribution in [0.3, 0.4) is 0 Å². The first kappa shape index (κ1) is 20.0. The number of hydrogen-bond acceptors (Lipinski definition) is 5. The lowest BCUT2D eigenvalue weighted by molar-refractivity contribution is -0.116. The molecule has 2 N–H and O–H groups in total. The monoisotopic (exact) mass is 418 g/mol. The van der Waals surface area contributed by atoms with Gasteiger partial charge in [0.15, 0.2) is 5.78 Å². The molecule has 1 aromatic carbocycles. The molecule has 31 heavy (non-hydrogen) atoms. The lowest BCUT2D eigenvalue weighted by atomic mass is 9.76. The quantitative estimate of drug-likeness (QED) is 0.770. The summed E-state index contributed by atoms with van der Waals surface area (Å²) in [6.07, 6.45) is 5.63. The Morgan fingerprint density at radius 1 is 1.00 bits per heavy atom. The smallest absolute Gasteiger partial charge is 0.258 e. The lowest BCUT2D eigenvalue weighted by Gasteiger charge is -2.34. The highest BCUT2D eigenvalue weighted by molar-refractivity contribution is 6.00. The maximum absolute atomic E-state index is 13.4. The van der Waals surface area contributed by atoms with Crippen LogP contribution in [0.15, 0.2) is 40.3 Å². The van der Waals surface area contributed by atoms with Crippen molar-refractivity contribution in [3.8, 4) is 0 Å². The van der Waals surface area contributed by atoms with E-state index in [9.17, 15) is 9.59 Å². The van der Waals surface area contributed by atoms with Gasteiger partial charge in [0.25, 0.3) is 5.56 Å². The van der Waals surface area contributed by atoms with Gasteiger partial charge in [-0.15, -0.1) is 0 Å². The highest BCUT2D eigenvalue weighted by atomic mass is 16.1. The molecule has 1 atom stereocenters. The third kappa shape index (κ3) is 3.58. The third-order valence-corrected chi connectivity index (χ3v) is 6.84. The van der Waals surface area contributed by atoms with Crippen LogP contribution in [-0.4, -0.2) is 28.8 Å². The second-order valence-corrected chi connectivity index (χ2v) is 9.25. The van der Waals surface area contributed by atoms with E-state index in [0.29, 0.717) is 29.7 Å². The second kappa shape index (κ2) is 7.98. The number of carbonyl (C=O) groups excluding carboxylic acids is 1. The van der Waals surface area contributed by atoms with Gasteiger partial charge in [-0.1, -0.05) is 38.1 Å². The Labute approximate surface area is 182 Å². The van der Waals surface area contributed by atoms with Crippen LogP contribution in [0.2, 0.25) is 0 Å². The summed E-state index contributed by atoms with van der Waals surface area (Å²) in [5, 5.41) is 3.38. The van der Waals surface area contributed by atoms with Crippen LogP contribution >= 0.6 is 0 Å². The molecule has 3 heterocycles. The van der Waals surface area contributed by atoms with Gasteiger partial charge in [-0.2, -0.15) is 4.98 Å². The summed E-state index contributed by atoms with van der Waals surface area (Å²) < 4.78 is 0. The van der Waals surface area contributed by atoms with Crippen molar-refractivity contribution in [2.75, 3.05) is 23.3 Å². The summed E-state index contributed by atoms with van der Waals surface area (Å²) in [4.78, 5) is 36.4. The molecular weight excluding hydrogens is 388 g/mol. The van der Waals surface area contributed by atoms with Crippen LogP contribution in [0.4, 0.5) is 11.8 Å². The average Bonchev–Trinajstić information content (AvgIpc) is 2.78. The number of hydrogen-bond donors (Lipinski definition) is 2. The van der Waals surface area contributed by atoms with Crippen molar-refractivity contribution < 1.29 is 4.79 Å². The van der Waals surface area contributed by atoms with E-state index >= 15 is 0 Å². The maximum Gasteiger partial charge on any atom is 0.258 e. The van der Waals surface area contributed by atoms with E-state index < -0.39 is 0 Å². The average molecular weight is 419 g/mol. The first-order valence-electron chi connectivity index (χ1n) is 11.5. The number of piperidine rings is 1. The maximum atomic E-state index is 13.4. The van der Waals surface area contributed by atoms with Gasteiger partial charge in [-0.05, 0) is 49.1 Å². The van der Waals surface area contributed by atoms with Crippen molar-refractivity contribution in [1.29, 1.82) is 0 Å². The number of aromatic nitrogens is 2.